The van der Waals surface area contributed by atoms with Crippen LogP contribution in [0.1, 0.15) is 5.69 Å². The standard InChI is InChI=1S/C12H14ClN3O/c1-16(2)7-10-11(12(14)17-15-10)8-5-3-4-6-9(8)13/h3-6H,7,14H2,1-2H3. The van der Waals surface area contributed by atoms with Crippen LogP contribution in [0.2, 0.25) is 5.02 Å². The molecule has 5 heteroatoms. The second-order valence-electron chi connectivity index (χ2n) is 4.09. The van der Waals surface area contributed by atoms with Crippen molar-refractivity contribution in [2.75, 3.05) is 19.8 Å². The first kappa shape index (κ1) is 12.0. The van der Waals surface area contributed by atoms with Gasteiger partial charge in [-0.05, 0) is 20.2 Å². The van der Waals surface area contributed by atoms with Crippen molar-refractivity contribution in [3.63, 3.8) is 0 Å². The Morgan fingerprint density at radius 2 is 2.06 bits per heavy atom. The minimum Gasteiger partial charge on any atom is -0.367 e. The van der Waals surface area contributed by atoms with Gasteiger partial charge >= 0.3 is 0 Å². The largest absolute Gasteiger partial charge is 0.367 e. The van der Waals surface area contributed by atoms with Gasteiger partial charge in [-0.2, -0.15) is 0 Å². The Morgan fingerprint density at radius 1 is 1.35 bits per heavy atom. The number of benzene rings is 1. The molecule has 90 valence electrons. The van der Waals surface area contributed by atoms with Crippen molar-refractivity contribution < 1.29 is 4.52 Å². The number of aromatic nitrogens is 1. The van der Waals surface area contributed by atoms with Crippen LogP contribution in [0.4, 0.5) is 5.88 Å². The van der Waals surface area contributed by atoms with Crippen LogP contribution < -0.4 is 5.73 Å². The highest BCUT2D eigenvalue weighted by Gasteiger charge is 2.18. The zero-order valence-corrected chi connectivity index (χ0v) is 10.5. The molecule has 0 saturated heterocycles. The van der Waals surface area contributed by atoms with Crippen LogP contribution in [0, 0.1) is 0 Å². The molecule has 0 amide bonds. The molecule has 1 heterocycles. The van der Waals surface area contributed by atoms with Gasteiger partial charge in [-0.3, -0.25) is 0 Å². The fourth-order valence-electron chi connectivity index (χ4n) is 1.70. The summed E-state index contributed by atoms with van der Waals surface area (Å²) in [7, 11) is 3.92. The molecule has 0 spiro atoms. The predicted molar refractivity (Wildman–Crippen MR) is 68.8 cm³/mol. The van der Waals surface area contributed by atoms with Crippen LogP contribution in [0.3, 0.4) is 0 Å². The van der Waals surface area contributed by atoms with Gasteiger partial charge in [-0.15, -0.1) is 0 Å². The third-order valence-corrected chi connectivity index (χ3v) is 2.73. The van der Waals surface area contributed by atoms with E-state index in [1.54, 1.807) is 0 Å². The van der Waals surface area contributed by atoms with Crippen molar-refractivity contribution >= 4 is 17.5 Å². The Morgan fingerprint density at radius 3 is 2.71 bits per heavy atom. The van der Waals surface area contributed by atoms with E-state index in [1.807, 2.05) is 43.3 Å². The zero-order chi connectivity index (χ0) is 12.4. The smallest absolute Gasteiger partial charge is 0.230 e. The molecule has 0 aliphatic rings. The third-order valence-electron chi connectivity index (χ3n) is 2.40. The van der Waals surface area contributed by atoms with Crippen LogP contribution in [0.5, 0.6) is 0 Å². The van der Waals surface area contributed by atoms with E-state index in [9.17, 15) is 0 Å². The number of nitrogen functional groups attached to an aromatic ring is 1. The Hall–Kier alpha value is -1.52. The molecular formula is C12H14ClN3O. The van der Waals surface area contributed by atoms with Gasteiger partial charge in [0, 0.05) is 17.1 Å². The summed E-state index contributed by atoms with van der Waals surface area (Å²) in [6.45, 7) is 0.654. The molecule has 1 aromatic carbocycles. The Labute approximate surface area is 105 Å². The number of rotatable bonds is 3. The lowest BCUT2D eigenvalue weighted by molar-refractivity contribution is 0.368. The van der Waals surface area contributed by atoms with Crippen molar-refractivity contribution in [3.8, 4) is 11.1 Å². The normalized spacial score (nSPS) is 11.1. The summed E-state index contributed by atoms with van der Waals surface area (Å²) in [4.78, 5) is 2.00. The first-order valence-corrected chi connectivity index (χ1v) is 5.61. The first-order valence-electron chi connectivity index (χ1n) is 5.23. The van der Waals surface area contributed by atoms with Crippen LogP contribution in [0.15, 0.2) is 28.8 Å². The average Bonchev–Trinajstić information content (AvgIpc) is 2.60. The molecule has 0 aliphatic carbocycles. The first-order chi connectivity index (χ1) is 8.09. The molecule has 17 heavy (non-hydrogen) atoms. The number of halogens is 1. The highest BCUT2D eigenvalue weighted by Crippen LogP contribution is 2.34. The summed E-state index contributed by atoms with van der Waals surface area (Å²) in [5.74, 6) is 0.301. The van der Waals surface area contributed by atoms with E-state index in [4.69, 9.17) is 21.9 Å². The van der Waals surface area contributed by atoms with Gasteiger partial charge in [0.2, 0.25) is 5.88 Å². The SMILES string of the molecule is CN(C)Cc1noc(N)c1-c1ccccc1Cl. The van der Waals surface area contributed by atoms with Crippen LogP contribution >= 0.6 is 11.6 Å². The predicted octanol–water partition coefficient (Wildman–Crippen LogP) is 2.64. The molecule has 1 aromatic heterocycles. The number of nitrogens with two attached hydrogens (primary N) is 1. The highest BCUT2D eigenvalue weighted by atomic mass is 35.5. The number of hydrogen-bond donors (Lipinski definition) is 1. The molecule has 0 saturated carbocycles. The number of hydrogen-bond acceptors (Lipinski definition) is 4. The minimum atomic E-state index is 0.301. The van der Waals surface area contributed by atoms with E-state index in [1.165, 1.54) is 0 Å². The third kappa shape index (κ3) is 2.43. The maximum atomic E-state index is 6.16. The maximum absolute atomic E-state index is 6.16. The number of nitrogens with zero attached hydrogens (tertiary/aromatic N) is 2. The molecule has 0 atom stereocenters. The summed E-state index contributed by atoms with van der Waals surface area (Å²) < 4.78 is 5.05. The summed E-state index contributed by atoms with van der Waals surface area (Å²) >= 11 is 6.16. The van der Waals surface area contributed by atoms with E-state index < -0.39 is 0 Å². The molecule has 0 bridgehead atoms. The summed E-state index contributed by atoms with van der Waals surface area (Å²) in [5.41, 5.74) is 8.24. The minimum absolute atomic E-state index is 0.301. The topological polar surface area (TPSA) is 55.3 Å². The molecule has 0 aliphatic heterocycles. The van der Waals surface area contributed by atoms with Crippen LogP contribution in [-0.4, -0.2) is 24.2 Å². The van der Waals surface area contributed by atoms with E-state index in [-0.39, 0.29) is 0 Å². The number of anilines is 1. The van der Waals surface area contributed by atoms with Crippen molar-refractivity contribution in [2.24, 2.45) is 0 Å². The fraction of sp³-hybridized carbons (Fsp3) is 0.250. The molecule has 0 radical (unpaired) electrons. The Balaban J connectivity index is 2.51. The lowest BCUT2D eigenvalue weighted by atomic mass is 10.1. The van der Waals surface area contributed by atoms with Crippen LogP contribution in [0.25, 0.3) is 11.1 Å². The van der Waals surface area contributed by atoms with E-state index >= 15 is 0 Å². The Kier molecular flexibility index (Phi) is 3.36. The van der Waals surface area contributed by atoms with Crippen LogP contribution in [-0.2, 0) is 6.54 Å². The van der Waals surface area contributed by atoms with Crippen molar-refractivity contribution in [1.29, 1.82) is 0 Å². The van der Waals surface area contributed by atoms with Crippen molar-refractivity contribution in [3.05, 3.63) is 35.0 Å². The van der Waals surface area contributed by atoms with Gasteiger partial charge in [0.05, 0.1) is 5.56 Å². The Bertz CT molecular complexity index is 522. The monoisotopic (exact) mass is 251 g/mol. The molecule has 2 aromatic rings. The van der Waals surface area contributed by atoms with E-state index in [2.05, 4.69) is 5.16 Å². The molecule has 0 unspecified atom stereocenters. The second kappa shape index (κ2) is 4.77. The van der Waals surface area contributed by atoms with Gasteiger partial charge in [0.15, 0.2) is 0 Å². The molecular weight excluding hydrogens is 238 g/mol. The van der Waals surface area contributed by atoms with Crippen molar-refractivity contribution in [2.45, 2.75) is 6.54 Å². The van der Waals surface area contributed by atoms with Gasteiger partial charge in [0.25, 0.3) is 0 Å². The lowest BCUT2D eigenvalue weighted by Crippen LogP contribution is -2.11. The summed E-state index contributed by atoms with van der Waals surface area (Å²) in [6.07, 6.45) is 0. The van der Waals surface area contributed by atoms with E-state index in [0.717, 1.165) is 16.8 Å². The van der Waals surface area contributed by atoms with Crippen molar-refractivity contribution in [1.82, 2.24) is 10.1 Å². The van der Waals surface area contributed by atoms with Gasteiger partial charge < -0.3 is 15.2 Å². The fourth-order valence-corrected chi connectivity index (χ4v) is 1.93. The second-order valence-corrected chi connectivity index (χ2v) is 4.49. The molecule has 2 N–H and O–H groups in total. The summed E-state index contributed by atoms with van der Waals surface area (Å²) in [5, 5.41) is 4.61. The average molecular weight is 252 g/mol. The summed E-state index contributed by atoms with van der Waals surface area (Å²) in [6, 6.07) is 7.52. The molecule has 4 nitrogen and oxygen atoms in total. The maximum Gasteiger partial charge on any atom is 0.230 e. The molecule has 2 rings (SSSR count). The van der Waals surface area contributed by atoms with Gasteiger partial charge in [-0.25, -0.2) is 0 Å². The molecule has 0 fully saturated rings. The van der Waals surface area contributed by atoms with Gasteiger partial charge in [0.1, 0.15) is 5.69 Å². The quantitative estimate of drug-likeness (QED) is 0.911. The van der Waals surface area contributed by atoms with E-state index in [0.29, 0.717) is 17.5 Å². The van der Waals surface area contributed by atoms with Gasteiger partial charge in [-0.1, -0.05) is 35.0 Å². The zero-order valence-electron chi connectivity index (χ0n) is 9.77. The highest BCUT2D eigenvalue weighted by molar-refractivity contribution is 6.33. The lowest BCUT2D eigenvalue weighted by Gasteiger charge is -2.09.